The molecule has 2 aromatic rings. The summed E-state index contributed by atoms with van der Waals surface area (Å²) in [6.07, 6.45) is 0. The van der Waals surface area contributed by atoms with Crippen molar-refractivity contribution in [2.45, 2.75) is 0 Å². The van der Waals surface area contributed by atoms with Crippen molar-refractivity contribution >= 4 is 25.2 Å². The van der Waals surface area contributed by atoms with Gasteiger partial charge >= 0.3 is 14.2 Å². The van der Waals surface area contributed by atoms with Crippen molar-refractivity contribution in [2.24, 2.45) is 0 Å². The van der Waals surface area contributed by atoms with Crippen molar-refractivity contribution in [3.05, 3.63) is 42.2 Å². The predicted octanol–water partition coefficient (Wildman–Crippen LogP) is -0.694. The lowest BCUT2D eigenvalue weighted by atomic mass is 9.79. The number of rotatable bonds is 9. The molecule has 2 rings (SSSR count). The average Bonchev–Trinajstić information content (AvgIpc) is 2.64. The van der Waals surface area contributed by atoms with Crippen LogP contribution in [0.4, 0.5) is 4.39 Å². The molecule has 0 aliphatic carbocycles. The number of methoxy groups -OCH3 is 2. The van der Waals surface area contributed by atoms with E-state index in [9.17, 15) is 9.41 Å². The number of hydrogen-bond acceptors (Lipinski definition) is 7. The molecule has 0 bridgehead atoms. The third kappa shape index (κ3) is 5.63. The van der Waals surface area contributed by atoms with Gasteiger partial charge in [0.1, 0.15) is 29.7 Å². The average molecular weight is 364 g/mol. The van der Waals surface area contributed by atoms with Crippen molar-refractivity contribution in [1.82, 2.24) is 0 Å². The molecular formula is C16H19B2FO7. The summed E-state index contributed by atoms with van der Waals surface area (Å²) < 4.78 is 34.2. The summed E-state index contributed by atoms with van der Waals surface area (Å²) in [4.78, 5) is 0. The lowest BCUT2D eigenvalue weighted by Crippen LogP contribution is -2.35. The van der Waals surface area contributed by atoms with E-state index in [-0.39, 0.29) is 24.4 Å². The third-order valence-electron chi connectivity index (χ3n) is 3.48. The van der Waals surface area contributed by atoms with Crippen LogP contribution in [0.15, 0.2) is 36.4 Å². The van der Waals surface area contributed by atoms with Crippen LogP contribution in [-0.2, 0) is 4.65 Å². The molecule has 0 amide bonds. The minimum Gasteiger partial charge on any atom is -0.497 e. The van der Waals surface area contributed by atoms with Crippen molar-refractivity contribution in [2.75, 3.05) is 27.4 Å². The Kier molecular flexibility index (Phi) is 7.28. The molecule has 3 N–H and O–H groups in total. The van der Waals surface area contributed by atoms with Crippen molar-refractivity contribution in [1.29, 1.82) is 0 Å². The Morgan fingerprint density at radius 2 is 1.42 bits per heavy atom. The zero-order chi connectivity index (χ0) is 19.1. The molecule has 0 atom stereocenters. The van der Waals surface area contributed by atoms with Gasteiger partial charge in [-0.2, -0.15) is 0 Å². The second kappa shape index (κ2) is 9.44. The van der Waals surface area contributed by atoms with Gasteiger partial charge < -0.3 is 33.9 Å². The molecule has 0 saturated carbocycles. The number of ether oxygens (including phenoxy) is 3. The van der Waals surface area contributed by atoms with Gasteiger partial charge in [-0.05, 0) is 35.2 Å². The van der Waals surface area contributed by atoms with Crippen LogP contribution < -0.4 is 25.1 Å². The quantitative estimate of drug-likeness (QED) is 0.400. The minimum atomic E-state index is -1.80. The maximum atomic E-state index is 13.4. The molecule has 0 aromatic heterocycles. The fraction of sp³-hybridized carbons (Fsp3) is 0.250. The van der Waals surface area contributed by atoms with Gasteiger partial charge in [-0.15, -0.1) is 0 Å². The Morgan fingerprint density at radius 1 is 0.808 bits per heavy atom. The summed E-state index contributed by atoms with van der Waals surface area (Å²) in [5.74, 6) is 0.477. The molecule has 0 spiro atoms. The predicted molar refractivity (Wildman–Crippen MR) is 94.8 cm³/mol. The van der Waals surface area contributed by atoms with E-state index >= 15 is 0 Å². The first-order chi connectivity index (χ1) is 12.4. The Labute approximate surface area is 151 Å². The van der Waals surface area contributed by atoms with Crippen LogP contribution >= 0.6 is 0 Å². The molecular weight excluding hydrogens is 345 g/mol. The van der Waals surface area contributed by atoms with Gasteiger partial charge in [-0.3, -0.25) is 0 Å². The fourth-order valence-electron chi connectivity index (χ4n) is 2.20. The van der Waals surface area contributed by atoms with E-state index in [2.05, 4.69) is 0 Å². The van der Waals surface area contributed by atoms with E-state index < -0.39 is 20.1 Å². The summed E-state index contributed by atoms with van der Waals surface area (Å²) in [7, 11) is -0.0362. The maximum absolute atomic E-state index is 13.4. The summed E-state index contributed by atoms with van der Waals surface area (Å²) in [5, 5.41) is 28.3. The Hall–Kier alpha value is -2.26. The second-order valence-corrected chi connectivity index (χ2v) is 5.31. The van der Waals surface area contributed by atoms with Crippen LogP contribution in [0, 0.1) is 5.82 Å². The standard InChI is InChI=1S/C16H19B2FO7/c1-23-14-7-12(8-15(10-14)24-2)18(22)26-4-3-25-16-6-11(17(20)21)5-13(19)9-16/h5-10,20-22H,3-4H2,1-2H3. The van der Waals surface area contributed by atoms with E-state index in [0.717, 1.165) is 12.1 Å². The first kappa shape index (κ1) is 20.1. The first-order valence-electron chi connectivity index (χ1n) is 7.75. The molecule has 0 aliphatic rings. The molecule has 10 heteroatoms. The topological polar surface area (TPSA) is 97.6 Å². The normalized spacial score (nSPS) is 10.4. The molecule has 0 unspecified atom stereocenters. The molecule has 7 nitrogen and oxygen atoms in total. The number of benzene rings is 2. The van der Waals surface area contributed by atoms with Crippen LogP contribution in [0.5, 0.6) is 17.2 Å². The van der Waals surface area contributed by atoms with E-state index in [4.69, 9.17) is 28.9 Å². The third-order valence-corrected chi connectivity index (χ3v) is 3.48. The van der Waals surface area contributed by atoms with Gasteiger partial charge in [0.2, 0.25) is 0 Å². The molecule has 0 radical (unpaired) electrons. The Balaban J connectivity index is 1.90. The van der Waals surface area contributed by atoms with Gasteiger partial charge in [0.15, 0.2) is 0 Å². The molecule has 26 heavy (non-hydrogen) atoms. The largest absolute Gasteiger partial charge is 0.497 e. The van der Waals surface area contributed by atoms with Gasteiger partial charge in [0.05, 0.1) is 20.8 Å². The van der Waals surface area contributed by atoms with Gasteiger partial charge in [-0.25, -0.2) is 4.39 Å². The van der Waals surface area contributed by atoms with Crippen LogP contribution in [0.2, 0.25) is 0 Å². The van der Waals surface area contributed by atoms with Crippen molar-refractivity contribution in [3.63, 3.8) is 0 Å². The Bertz CT molecular complexity index is 707. The lowest BCUT2D eigenvalue weighted by Gasteiger charge is -2.12. The van der Waals surface area contributed by atoms with Crippen molar-refractivity contribution < 1.29 is 38.3 Å². The molecule has 0 saturated heterocycles. The van der Waals surface area contributed by atoms with Crippen LogP contribution in [0.25, 0.3) is 0 Å². The highest BCUT2D eigenvalue weighted by Gasteiger charge is 2.19. The van der Waals surface area contributed by atoms with Crippen molar-refractivity contribution in [3.8, 4) is 17.2 Å². The van der Waals surface area contributed by atoms with Crippen LogP contribution in [-0.4, -0.2) is 56.7 Å². The van der Waals surface area contributed by atoms with Crippen LogP contribution in [0.1, 0.15) is 0 Å². The summed E-state index contributed by atoms with van der Waals surface area (Å²) in [5.41, 5.74) is 0.419. The molecule has 0 aliphatic heterocycles. The summed E-state index contributed by atoms with van der Waals surface area (Å²) >= 11 is 0. The molecule has 138 valence electrons. The zero-order valence-corrected chi connectivity index (χ0v) is 14.4. The van der Waals surface area contributed by atoms with E-state index in [1.165, 1.54) is 20.3 Å². The van der Waals surface area contributed by atoms with Gasteiger partial charge in [0, 0.05) is 12.1 Å². The van der Waals surface area contributed by atoms with Crippen LogP contribution in [0.3, 0.4) is 0 Å². The highest BCUT2D eigenvalue weighted by atomic mass is 19.1. The number of halogens is 1. The lowest BCUT2D eigenvalue weighted by molar-refractivity contribution is 0.196. The smallest absolute Gasteiger partial charge is 0.491 e. The zero-order valence-electron chi connectivity index (χ0n) is 14.4. The highest BCUT2D eigenvalue weighted by molar-refractivity contribution is 6.60. The first-order valence-corrected chi connectivity index (χ1v) is 7.75. The molecule has 2 aromatic carbocycles. The van der Waals surface area contributed by atoms with E-state index in [1.807, 2.05) is 0 Å². The minimum absolute atomic E-state index is 0.00815. The number of hydrogen-bond donors (Lipinski definition) is 3. The Morgan fingerprint density at radius 3 is 2.00 bits per heavy atom. The van der Waals surface area contributed by atoms with Gasteiger partial charge in [0.25, 0.3) is 0 Å². The molecule has 0 fully saturated rings. The monoisotopic (exact) mass is 364 g/mol. The van der Waals surface area contributed by atoms with E-state index in [1.54, 1.807) is 18.2 Å². The summed E-state index contributed by atoms with van der Waals surface area (Å²) in [6.45, 7) is 0.0246. The molecule has 0 heterocycles. The second-order valence-electron chi connectivity index (χ2n) is 5.31. The van der Waals surface area contributed by atoms with E-state index in [0.29, 0.717) is 17.0 Å². The fourth-order valence-corrected chi connectivity index (χ4v) is 2.20. The maximum Gasteiger partial charge on any atom is 0.491 e. The highest BCUT2D eigenvalue weighted by Crippen LogP contribution is 2.17. The van der Waals surface area contributed by atoms with Gasteiger partial charge in [-0.1, -0.05) is 0 Å². The SMILES string of the molecule is COc1cc(OC)cc(B(O)OCCOc2cc(F)cc(B(O)O)c2)c1. The summed E-state index contributed by atoms with van der Waals surface area (Å²) in [6, 6.07) is 8.28.